The summed E-state index contributed by atoms with van der Waals surface area (Å²) in [7, 11) is 0. The molecule has 3 N–H and O–H groups in total. The van der Waals surface area contributed by atoms with Gasteiger partial charge in [-0.15, -0.1) is 24.0 Å². The number of carbonyl (C=O) groups is 1. The largest absolute Gasteiger partial charge is 0.460 e. The summed E-state index contributed by atoms with van der Waals surface area (Å²) in [5, 5.41) is 3.32. The number of hydrogen-bond donors (Lipinski definition) is 2. The molecule has 1 aliphatic rings. The van der Waals surface area contributed by atoms with Gasteiger partial charge in [0.2, 0.25) is 0 Å². The molecule has 24 heavy (non-hydrogen) atoms. The quantitative estimate of drug-likeness (QED) is 0.191. The summed E-state index contributed by atoms with van der Waals surface area (Å²) >= 11 is 0. The maximum Gasteiger partial charge on any atom is 0.306 e. The van der Waals surface area contributed by atoms with E-state index in [0.717, 1.165) is 32.2 Å². The first-order valence-corrected chi connectivity index (χ1v) is 9.15. The van der Waals surface area contributed by atoms with E-state index in [2.05, 4.69) is 10.3 Å². The van der Waals surface area contributed by atoms with Crippen molar-refractivity contribution in [2.45, 2.75) is 96.6 Å². The molecule has 0 aromatic carbocycles. The average Bonchev–Trinajstić information content (AvgIpc) is 2.45. The van der Waals surface area contributed by atoms with E-state index in [4.69, 9.17) is 10.5 Å². The van der Waals surface area contributed by atoms with Gasteiger partial charge < -0.3 is 15.8 Å². The molecule has 0 atom stereocenters. The molecule has 0 bridgehead atoms. The molecule has 0 saturated heterocycles. The van der Waals surface area contributed by atoms with Crippen LogP contribution in [0.25, 0.3) is 0 Å². The Kier molecular flexibility index (Phi) is 12.5. The van der Waals surface area contributed by atoms with E-state index in [-0.39, 0.29) is 35.5 Å². The van der Waals surface area contributed by atoms with Crippen LogP contribution in [0.1, 0.15) is 85.0 Å². The smallest absolute Gasteiger partial charge is 0.306 e. The number of nitrogens with zero attached hydrogens (tertiary/aromatic N) is 1. The third-order valence-corrected chi connectivity index (χ3v) is 3.95. The van der Waals surface area contributed by atoms with Crippen LogP contribution in [0, 0.1) is 0 Å². The van der Waals surface area contributed by atoms with Gasteiger partial charge in [0.1, 0.15) is 5.60 Å². The normalized spacial score (nSPS) is 16.4. The van der Waals surface area contributed by atoms with Crippen molar-refractivity contribution in [1.29, 1.82) is 0 Å². The van der Waals surface area contributed by atoms with E-state index >= 15 is 0 Å². The van der Waals surface area contributed by atoms with Crippen LogP contribution >= 0.6 is 24.0 Å². The Hall–Kier alpha value is -0.530. The molecular weight excluding hydrogens is 417 g/mol. The maximum atomic E-state index is 11.6. The second-order valence-electron chi connectivity index (χ2n) is 7.50. The van der Waals surface area contributed by atoms with Crippen molar-refractivity contribution in [2.24, 2.45) is 10.7 Å². The van der Waals surface area contributed by atoms with Crippen LogP contribution in [-0.2, 0) is 9.53 Å². The Morgan fingerprint density at radius 3 is 2.38 bits per heavy atom. The number of unbranched alkanes of at least 4 members (excludes halogenated alkanes) is 3. The Balaban J connectivity index is 0.00000529. The van der Waals surface area contributed by atoms with Crippen molar-refractivity contribution in [3.8, 4) is 0 Å². The number of ether oxygens (including phenoxy) is 1. The fourth-order valence-electron chi connectivity index (χ4n) is 2.83. The highest BCUT2D eigenvalue weighted by Gasteiger charge is 2.15. The second kappa shape index (κ2) is 12.8. The molecule has 1 aliphatic carbocycles. The van der Waals surface area contributed by atoms with Crippen molar-refractivity contribution >= 4 is 35.9 Å². The van der Waals surface area contributed by atoms with Crippen molar-refractivity contribution in [1.82, 2.24) is 5.32 Å². The number of nitrogens with two attached hydrogens (primary N) is 1. The SMILES string of the molecule is CC(C)(C)OC(=O)CCCCCCN=C(N)NC1CCCCC1.I. The molecule has 0 aromatic rings. The van der Waals surface area contributed by atoms with Gasteiger partial charge in [-0.3, -0.25) is 9.79 Å². The summed E-state index contributed by atoms with van der Waals surface area (Å²) in [5.41, 5.74) is 5.54. The first-order valence-electron chi connectivity index (χ1n) is 9.15. The van der Waals surface area contributed by atoms with Crippen molar-refractivity contribution in [2.75, 3.05) is 6.54 Å². The molecule has 1 rings (SSSR count). The van der Waals surface area contributed by atoms with Crippen molar-refractivity contribution < 1.29 is 9.53 Å². The van der Waals surface area contributed by atoms with Gasteiger partial charge >= 0.3 is 5.97 Å². The first kappa shape index (κ1) is 23.5. The van der Waals surface area contributed by atoms with E-state index in [1.807, 2.05) is 20.8 Å². The van der Waals surface area contributed by atoms with E-state index < -0.39 is 0 Å². The average molecular weight is 453 g/mol. The maximum absolute atomic E-state index is 11.6. The molecule has 1 fully saturated rings. The lowest BCUT2D eigenvalue weighted by atomic mass is 9.96. The minimum absolute atomic E-state index is 0. The summed E-state index contributed by atoms with van der Waals surface area (Å²) in [5.74, 6) is 0.488. The molecule has 0 unspecified atom stereocenters. The third kappa shape index (κ3) is 12.8. The lowest BCUT2D eigenvalue weighted by Crippen LogP contribution is -2.41. The molecule has 0 heterocycles. The van der Waals surface area contributed by atoms with Crippen LogP contribution in [0.15, 0.2) is 4.99 Å². The molecule has 0 aliphatic heterocycles. The molecule has 142 valence electrons. The van der Waals surface area contributed by atoms with Crippen molar-refractivity contribution in [3.63, 3.8) is 0 Å². The van der Waals surface area contributed by atoms with Crippen molar-refractivity contribution in [3.05, 3.63) is 0 Å². The minimum Gasteiger partial charge on any atom is -0.460 e. The van der Waals surface area contributed by atoms with Gasteiger partial charge in [-0.1, -0.05) is 32.1 Å². The van der Waals surface area contributed by atoms with Gasteiger partial charge in [-0.2, -0.15) is 0 Å². The Morgan fingerprint density at radius 2 is 1.75 bits per heavy atom. The summed E-state index contributed by atoms with van der Waals surface area (Å²) < 4.78 is 5.28. The van der Waals surface area contributed by atoms with Gasteiger partial charge in [0.05, 0.1) is 0 Å². The summed E-state index contributed by atoms with van der Waals surface area (Å²) in [6.07, 6.45) is 10.9. The molecular formula is C18H36IN3O2. The zero-order chi connectivity index (χ0) is 17.1. The van der Waals surface area contributed by atoms with Crippen LogP contribution in [-0.4, -0.2) is 30.1 Å². The fourth-order valence-corrected chi connectivity index (χ4v) is 2.83. The van der Waals surface area contributed by atoms with E-state index in [1.54, 1.807) is 0 Å². The van der Waals surface area contributed by atoms with E-state index in [9.17, 15) is 4.79 Å². The first-order chi connectivity index (χ1) is 10.9. The highest BCUT2D eigenvalue weighted by atomic mass is 127. The Bertz CT molecular complexity index is 375. The summed E-state index contributed by atoms with van der Waals surface area (Å²) in [6.45, 7) is 6.45. The monoisotopic (exact) mass is 453 g/mol. The molecule has 0 radical (unpaired) electrons. The van der Waals surface area contributed by atoms with Crippen LogP contribution in [0.3, 0.4) is 0 Å². The molecule has 1 saturated carbocycles. The number of guanidine groups is 1. The zero-order valence-electron chi connectivity index (χ0n) is 15.6. The summed E-state index contributed by atoms with van der Waals surface area (Å²) in [6, 6.07) is 0.515. The van der Waals surface area contributed by atoms with Gasteiger partial charge in [0.25, 0.3) is 0 Å². The van der Waals surface area contributed by atoms with Crippen LogP contribution in [0.2, 0.25) is 0 Å². The van der Waals surface area contributed by atoms with Crippen LogP contribution in [0.4, 0.5) is 0 Å². The number of carbonyl (C=O) groups excluding carboxylic acids is 1. The highest BCUT2D eigenvalue weighted by molar-refractivity contribution is 14.0. The molecule has 6 heteroatoms. The van der Waals surface area contributed by atoms with Gasteiger partial charge in [-0.05, 0) is 46.5 Å². The fraction of sp³-hybridized carbons (Fsp3) is 0.889. The second-order valence-corrected chi connectivity index (χ2v) is 7.50. The molecule has 0 amide bonds. The topological polar surface area (TPSA) is 76.7 Å². The Labute approximate surface area is 164 Å². The summed E-state index contributed by atoms with van der Waals surface area (Å²) in [4.78, 5) is 15.9. The number of halogens is 1. The number of esters is 1. The van der Waals surface area contributed by atoms with E-state index in [1.165, 1.54) is 32.1 Å². The minimum atomic E-state index is -0.380. The van der Waals surface area contributed by atoms with Crippen LogP contribution < -0.4 is 11.1 Å². The molecule has 5 nitrogen and oxygen atoms in total. The molecule has 0 spiro atoms. The Morgan fingerprint density at radius 1 is 1.12 bits per heavy atom. The standard InChI is InChI=1S/C18H35N3O2.HI/c1-18(2,3)23-16(22)13-9-4-5-10-14-20-17(19)21-15-11-7-6-8-12-15;/h15H,4-14H2,1-3H3,(H3,19,20,21);1H. The number of aliphatic imine (C=N–C) groups is 1. The number of nitrogens with one attached hydrogen (secondary N) is 1. The highest BCUT2D eigenvalue weighted by Crippen LogP contribution is 2.17. The third-order valence-electron chi connectivity index (χ3n) is 3.95. The predicted octanol–water partition coefficient (Wildman–Crippen LogP) is 4.13. The zero-order valence-corrected chi connectivity index (χ0v) is 17.9. The lowest BCUT2D eigenvalue weighted by molar-refractivity contribution is -0.154. The molecule has 0 aromatic heterocycles. The van der Waals surface area contributed by atoms with Crippen LogP contribution in [0.5, 0.6) is 0 Å². The lowest BCUT2D eigenvalue weighted by Gasteiger charge is -2.23. The number of rotatable bonds is 8. The van der Waals surface area contributed by atoms with Gasteiger partial charge in [0.15, 0.2) is 5.96 Å². The predicted molar refractivity (Wildman–Crippen MR) is 111 cm³/mol. The van der Waals surface area contributed by atoms with Gasteiger partial charge in [0, 0.05) is 19.0 Å². The number of hydrogen-bond acceptors (Lipinski definition) is 3. The van der Waals surface area contributed by atoms with Gasteiger partial charge in [-0.25, -0.2) is 0 Å². The van der Waals surface area contributed by atoms with E-state index in [0.29, 0.717) is 18.4 Å².